The van der Waals surface area contributed by atoms with Crippen LogP contribution in [-0.2, 0) is 20.7 Å². The van der Waals surface area contributed by atoms with E-state index in [1.54, 1.807) is 20.8 Å². The number of benzene rings is 1. The van der Waals surface area contributed by atoms with Gasteiger partial charge in [0.25, 0.3) is 11.5 Å². The third-order valence-corrected chi connectivity index (χ3v) is 4.61. The van der Waals surface area contributed by atoms with Crippen LogP contribution in [0.1, 0.15) is 35.7 Å². The van der Waals surface area contributed by atoms with Crippen LogP contribution in [0.2, 0.25) is 0 Å². The number of rotatable bonds is 7. The molecule has 0 atom stereocenters. The van der Waals surface area contributed by atoms with Gasteiger partial charge in [0.15, 0.2) is 6.61 Å². The van der Waals surface area contributed by atoms with Crippen LogP contribution in [0.25, 0.3) is 0 Å². The number of carbonyl (C=O) groups is 2. The molecule has 1 N–H and O–H groups in total. The first-order valence-electron chi connectivity index (χ1n) is 9.12. The normalized spacial score (nSPS) is 10.3. The number of nitrogens with one attached hydrogen (secondary N) is 1. The topological polar surface area (TPSA) is 103 Å². The van der Waals surface area contributed by atoms with E-state index in [1.807, 2.05) is 6.07 Å². The summed E-state index contributed by atoms with van der Waals surface area (Å²) in [4.78, 5) is 40.2. The van der Waals surface area contributed by atoms with E-state index in [0.717, 1.165) is 0 Å². The van der Waals surface area contributed by atoms with Gasteiger partial charge in [0.2, 0.25) is 0 Å². The lowest BCUT2D eigenvalue weighted by Gasteiger charge is -2.20. The fourth-order valence-corrected chi connectivity index (χ4v) is 3.06. The Bertz CT molecular complexity index is 1010. The van der Waals surface area contributed by atoms with Crippen LogP contribution < -0.4 is 10.5 Å². The molecule has 0 aliphatic heterocycles. The van der Waals surface area contributed by atoms with Crippen molar-refractivity contribution in [2.24, 2.45) is 0 Å². The Morgan fingerprint density at radius 3 is 2.48 bits per heavy atom. The Balaban J connectivity index is 1.96. The lowest BCUT2D eigenvalue weighted by molar-refractivity contribution is -0.147. The molecule has 0 radical (unpaired) electrons. The highest BCUT2D eigenvalue weighted by atomic mass is 19.1. The molecule has 1 aromatic carbocycles. The van der Waals surface area contributed by atoms with Crippen LogP contribution in [0, 0.1) is 31.0 Å². The predicted molar refractivity (Wildman–Crippen MR) is 105 cm³/mol. The number of ether oxygens (including phenoxy) is 1. The van der Waals surface area contributed by atoms with Crippen LogP contribution in [0.3, 0.4) is 0 Å². The van der Waals surface area contributed by atoms with Gasteiger partial charge in [-0.2, -0.15) is 5.26 Å². The monoisotopic (exact) mass is 399 g/mol. The number of halogens is 1. The number of hydrogen-bond donors (Lipinski definition) is 1. The van der Waals surface area contributed by atoms with Crippen LogP contribution in [0.15, 0.2) is 29.1 Å². The minimum Gasteiger partial charge on any atom is -0.456 e. The molecular formula is C21H22FN3O4. The number of anilines is 1. The minimum atomic E-state index is -0.572. The van der Waals surface area contributed by atoms with Gasteiger partial charge in [-0.1, -0.05) is 0 Å². The molecule has 0 aliphatic carbocycles. The maximum atomic E-state index is 13.1. The lowest BCUT2D eigenvalue weighted by atomic mass is 9.99. The zero-order valence-electron chi connectivity index (χ0n) is 16.5. The highest BCUT2D eigenvalue weighted by Crippen LogP contribution is 2.16. The molecule has 0 saturated heterocycles. The standard InChI is InChI=1S/C21H22FN3O4/c1-4-25(16-7-5-15(22)6-8-16)19(26)12-29-20(27)10-9-17-13(2)18(11-23)21(28)24-14(17)3/h5-8H,4,9-10,12H2,1-3H3,(H,24,28). The molecule has 8 heteroatoms. The van der Waals surface area contributed by atoms with E-state index >= 15 is 0 Å². The van der Waals surface area contributed by atoms with Gasteiger partial charge in [-0.25, -0.2) is 4.39 Å². The average molecular weight is 399 g/mol. The number of pyridine rings is 1. The van der Waals surface area contributed by atoms with Crippen molar-refractivity contribution in [3.8, 4) is 6.07 Å². The molecule has 2 rings (SSSR count). The number of H-pyrrole nitrogens is 1. The van der Waals surface area contributed by atoms with Crippen molar-refractivity contribution in [1.82, 2.24) is 4.98 Å². The van der Waals surface area contributed by atoms with Crippen molar-refractivity contribution in [2.45, 2.75) is 33.6 Å². The lowest BCUT2D eigenvalue weighted by Crippen LogP contribution is -2.34. The number of aromatic nitrogens is 1. The van der Waals surface area contributed by atoms with Crippen molar-refractivity contribution in [1.29, 1.82) is 5.26 Å². The number of likely N-dealkylation sites (N-methyl/N-ethyl adjacent to an activating group) is 1. The smallest absolute Gasteiger partial charge is 0.306 e. The second-order valence-corrected chi connectivity index (χ2v) is 6.44. The summed E-state index contributed by atoms with van der Waals surface area (Å²) in [7, 11) is 0. The van der Waals surface area contributed by atoms with Gasteiger partial charge >= 0.3 is 5.97 Å². The summed E-state index contributed by atoms with van der Waals surface area (Å²) < 4.78 is 18.1. The zero-order chi connectivity index (χ0) is 21.6. The van der Waals surface area contributed by atoms with Crippen molar-refractivity contribution >= 4 is 17.6 Å². The maximum Gasteiger partial charge on any atom is 0.306 e. The summed E-state index contributed by atoms with van der Waals surface area (Å²) in [5.41, 5.74) is 1.89. The molecule has 1 aromatic heterocycles. The van der Waals surface area contributed by atoms with E-state index in [1.165, 1.54) is 29.2 Å². The third-order valence-electron chi connectivity index (χ3n) is 4.61. The maximum absolute atomic E-state index is 13.1. The average Bonchev–Trinajstić information content (AvgIpc) is 2.68. The molecule has 2 aromatic rings. The molecule has 0 fully saturated rings. The van der Waals surface area contributed by atoms with Gasteiger partial charge in [-0.15, -0.1) is 0 Å². The van der Waals surface area contributed by atoms with E-state index in [-0.39, 0.29) is 18.4 Å². The Hall–Kier alpha value is -3.47. The fourth-order valence-electron chi connectivity index (χ4n) is 3.06. The van der Waals surface area contributed by atoms with Gasteiger partial charge in [0, 0.05) is 24.3 Å². The van der Waals surface area contributed by atoms with Gasteiger partial charge in [-0.3, -0.25) is 14.4 Å². The fraction of sp³-hybridized carbons (Fsp3) is 0.333. The van der Waals surface area contributed by atoms with Gasteiger partial charge in [-0.05, 0) is 62.6 Å². The minimum absolute atomic E-state index is 0.00541. The number of aromatic amines is 1. The van der Waals surface area contributed by atoms with Crippen LogP contribution in [-0.4, -0.2) is 30.0 Å². The first-order chi connectivity index (χ1) is 13.8. The van der Waals surface area contributed by atoms with Crippen LogP contribution in [0.5, 0.6) is 0 Å². The van der Waals surface area contributed by atoms with Crippen molar-refractivity contribution < 1.29 is 18.7 Å². The molecule has 0 saturated carbocycles. The van der Waals surface area contributed by atoms with Gasteiger partial charge in [0.05, 0.1) is 0 Å². The molecule has 0 spiro atoms. The Morgan fingerprint density at radius 1 is 1.24 bits per heavy atom. The van der Waals surface area contributed by atoms with E-state index in [0.29, 0.717) is 29.1 Å². The van der Waals surface area contributed by atoms with Gasteiger partial charge < -0.3 is 14.6 Å². The summed E-state index contributed by atoms with van der Waals surface area (Å²) >= 11 is 0. The zero-order valence-corrected chi connectivity index (χ0v) is 16.5. The quantitative estimate of drug-likeness (QED) is 0.721. The van der Waals surface area contributed by atoms with Crippen molar-refractivity contribution in [3.63, 3.8) is 0 Å². The first kappa shape index (κ1) is 21.8. The van der Waals surface area contributed by atoms with E-state index in [9.17, 15) is 18.8 Å². The second-order valence-electron chi connectivity index (χ2n) is 6.44. The molecule has 1 heterocycles. The van der Waals surface area contributed by atoms with Crippen LogP contribution >= 0.6 is 0 Å². The number of carbonyl (C=O) groups excluding carboxylic acids is 2. The molecule has 0 bridgehead atoms. The highest BCUT2D eigenvalue weighted by Gasteiger charge is 2.17. The molecule has 152 valence electrons. The summed E-state index contributed by atoms with van der Waals surface area (Å²) in [6.07, 6.45) is 0.264. The first-order valence-corrected chi connectivity index (χ1v) is 9.12. The molecule has 1 amide bonds. The summed E-state index contributed by atoms with van der Waals surface area (Å²) in [5.74, 6) is -1.40. The number of aryl methyl sites for hydroxylation is 1. The number of nitriles is 1. The highest BCUT2D eigenvalue weighted by molar-refractivity contribution is 5.95. The van der Waals surface area contributed by atoms with Crippen molar-refractivity contribution in [2.75, 3.05) is 18.1 Å². The van der Waals surface area contributed by atoms with E-state index in [2.05, 4.69) is 4.98 Å². The number of amides is 1. The second kappa shape index (κ2) is 9.64. The third kappa shape index (κ3) is 5.29. The number of esters is 1. The SMILES string of the molecule is CCN(C(=O)COC(=O)CCc1c(C)[nH]c(=O)c(C#N)c1C)c1ccc(F)cc1. The molecule has 29 heavy (non-hydrogen) atoms. The van der Waals surface area contributed by atoms with E-state index in [4.69, 9.17) is 10.00 Å². The Morgan fingerprint density at radius 2 is 1.90 bits per heavy atom. The number of nitrogens with zero attached hydrogens (tertiary/aromatic N) is 2. The number of hydrogen-bond acceptors (Lipinski definition) is 5. The Kier molecular flexibility index (Phi) is 7.26. The van der Waals surface area contributed by atoms with Crippen molar-refractivity contribution in [3.05, 3.63) is 62.8 Å². The summed E-state index contributed by atoms with van der Waals surface area (Å²) in [6, 6.07) is 7.32. The summed E-state index contributed by atoms with van der Waals surface area (Å²) in [6.45, 7) is 5.03. The van der Waals surface area contributed by atoms with Crippen LogP contribution in [0.4, 0.5) is 10.1 Å². The molecule has 7 nitrogen and oxygen atoms in total. The molecule has 0 aliphatic rings. The Labute approximate surface area is 167 Å². The predicted octanol–water partition coefficient (Wildman–Crippen LogP) is 2.53. The molecule has 0 unspecified atom stereocenters. The van der Waals surface area contributed by atoms with E-state index < -0.39 is 29.9 Å². The summed E-state index contributed by atoms with van der Waals surface area (Å²) in [5, 5.41) is 9.10. The van der Waals surface area contributed by atoms with Gasteiger partial charge in [0.1, 0.15) is 17.4 Å². The molecular weight excluding hydrogens is 377 g/mol. The largest absolute Gasteiger partial charge is 0.456 e.